The van der Waals surface area contributed by atoms with Crippen LogP contribution in [-0.2, 0) is 4.79 Å². The number of carbonyl (C=O) groups is 2. The van der Waals surface area contributed by atoms with E-state index in [0.717, 1.165) is 98.5 Å². The van der Waals surface area contributed by atoms with E-state index in [2.05, 4.69) is 11.4 Å². The number of ether oxygens (including phenoxy) is 1. The summed E-state index contributed by atoms with van der Waals surface area (Å²) in [4.78, 5) is 44.3. The molecular formula is C37H48N6O5. The molecule has 3 aromatic heterocycles. The molecule has 7 rings (SSSR count). The van der Waals surface area contributed by atoms with Crippen LogP contribution in [0.3, 0.4) is 0 Å². The van der Waals surface area contributed by atoms with Gasteiger partial charge in [-0.1, -0.05) is 0 Å². The van der Waals surface area contributed by atoms with Gasteiger partial charge in [-0.2, -0.15) is 0 Å². The fourth-order valence-electron chi connectivity index (χ4n) is 8.22. The Kier molecular flexibility index (Phi) is 9.66. The lowest BCUT2D eigenvalue weighted by atomic mass is 9.76. The summed E-state index contributed by atoms with van der Waals surface area (Å²) in [5.74, 6) is 3.73. The maximum Gasteiger partial charge on any atom is 0.407 e. The molecule has 0 radical (unpaired) electrons. The lowest BCUT2D eigenvalue weighted by molar-refractivity contribution is -0.124. The number of aryl methyl sites for hydroxylation is 1. The van der Waals surface area contributed by atoms with Crippen LogP contribution in [0, 0.1) is 24.7 Å². The first-order valence-electron chi connectivity index (χ1n) is 17.8. The number of hydrogen-bond donors (Lipinski definition) is 2. The molecule has 0 bridgehead atoms. The van der Waals surface area contributed by atoms with E-state index in [9.17, 15) is 14.7 Å². The first kappa shape index (κ1) is 32.6. The van der Waals surface area contributed by atoms with Gasteiger partial charge in [-0.15, -0.1) is 0 Å². The molecule has 1 unspecified atom stereocenters. The van der Waals surface area contributed by atoms with Gasteiger partial charge < -0.3 is 24.5 Å². The Morgan fingerprint density at radius 3 is 2.50 bits per heavy atom. The molecule has 2 N–H and O–H groups in total. The second-order valence-corrected chi connectivity index (χ2v) is 14.3. The van der Waals surface area contributed by atoms with Gasteiger partial charge in [0.1, 0.15) is 23.5 Å². The Morgan fingerprint density at radius 1 is 1.02 bits per heavy atom. The molecule has 3 aliphatic carbocycles. The van der Waals surface area contributed by atoms with Crippen molar-refractivity contribution in [2.45, 2.75) is 89.0 Å². The Balaban J connectivity index is 1.07. The fraction of sp³-hybridized carbons (Fsp3) is 0.595. The number of nitrogens with zero attached hydrogens (tertiary/aromatic N) is 5. The summed E-state index contributed by atoms with van der Waals surface area (Å²) in [6.07, 6.45) is 12.2. The number of piperazine rings is 1. The molecule has 0 spiro atoms. The smallest absolute Gasteiger partial charge is 0.407 e. The van der Waals surface area contributed by atoms with Gasteiger partial charge in [0.05, 0.1) is 18.8 Å². The van der Waals surface area contributed by atoms with Crippen molar-refractivity contribution in [1.29, 1.82) is 0 Å². The first-order chi connectivity index (χ1) is 23.4. The average Bonchev–Trinajstić information content (AvgIpc) is 3.86. The minimum Gasteiger partial charge on any atom is -0.495 e. The Morgan fingerprint density at radius 2 is 1.79 bits per heavy atom. The van der Waals surface area contributed by atoms with Crippen LogP contribution in [0.2, 0.25) is 0 Å². The summed E-state index contributed by atoms with van der Waals surface area (Å²) in [6, 6.07) is 8.00. The minimum absolute atomic E-state index is 0.0380. The number of anilines is 1. The highest BCUT2D eigenvalue weighted by Crippen LogP contribution is 2.41. The highest BCUT2D eigenvalue weighted by molar-refractivity contribution is 5.94. The number of oxazole rings is 1. The molecular weight excluding hydrogens is 608 g/mol. The lowest BCUT2D eigenvalue weighted by Crippen LogP contribution is -2.56. The number of nitrogens with one attached hydrogen (secondary N) is 1. The number of hydrogen-bond acceptors (Lipinski definition) is 8. The molecule has 256 valence electrons. The molecule has 4 aliphatic rings. The number of rotatable bonds is 9. The molecule has 4 fully saturated rings. The largest absolute Gasteiger partial charge is 0.495 e. The second kappa shape index (κ2) is 14.2. The SMILES string of the molecule is COc1ccc([C@H]2CC[C@H](CN(c3cc(-c4coc(C5CC5)n4)ccn3)C(=O)[C@H]3CC[C@H](C4CNCCN4C(=O)O)CC3)CC2)nc1C. The van der Waals surface area contributed by atoms with Crippen molar-refractivity contribution in [2.24, 2.45) is 17.8 Å². The van der Waals surface area contributed by atoms with Crippen molar-refractivity contribution in [1.82, 2.24) is 25.2 Å². The second-order valence-electron chi connectivity index (χ2n) is 14.3. The van der Waals surface area contributed by atoms with E-state index in [1.807, 2.05) is 30.0 Å². The Labute approximate surface area is 282 Å². The fourth-order valence-corrected chi connectivity index (χ4v) is 8.22. The molecule has 11 nitrogen and oxygen atoms in total. The summed E-state index contributed by atoms with van der Waals surface area (Å²) in [5, 5.41) is 13.2. The zero-order chi connectivity index (χ0) is 33.2. The van der Waals surface area contributed by atoms with Crippen molar-refractivity contribution in [3.8, 4) is 17.0 Å². The summed E-state index contributed by atoms with van der Waals surface area (Å²) in [5.41, 5.74) is 3.72. The molecule has 1 saturated heterocycles. The van der Waals surface area contributed by atoms with E-state index in [4.69, 9.17) is 24.1 Å². The summed E-state index contributed by atoms with van der Waals surface area (Å²) in [7, 11) is 1.68. The van der Waals surface area contributed by atoms with Crippen LogP contribution >= 0.6 is 0 Å². The van der Waals surface area contributed by atoms with E-state index in [1.165, 1.54) is 0 Å². The quantitative estimate of drug-likeness (QED) is 0.269. The summed E-state index contributed by atoms with van der Waals surface area (Å²) in [6.45, 7) is 4.50. The first-order valence-corrected chi connectivity index (χ1v) is 17.8. The van der Waals surface area contributed by atoms with Gasteiger partial charge in [-0.25, -0.2) is 14.8 Å². The van der Waals surface area contributed by atoms with Crippen molar-refractivity contribution in [3.05, 3.63) is 54.0 Å². The third kappa shape index (κ3) is 7.06. The third-order valence-corrected chi connectivity index (χ3v) is 11.2. The van der Waals surface area contributed by atoms with Crippen LogP contribution in [0.15, 0.2) is 41.1 Å². The van der Waals surface area contributed by atoms with Crippen LogP contribution in [-0.4, -0.2) is 76.3 Å². The number of amides is 2. The van der Waals surface area contributed by atoms with Crippen molar-refractivity contribution in [2.75, 3.05) is 38.2 Å². The van der Waals surface area contributed by atoms with Gasteiger partial charge in [-0.3, -0.25) is 14.7 Å². The molecule has 0 aromatic carbocycles. The Bertz CT molecular complexity index is 1590. The van der Waals surface area contributed by atoms with Gasteiger partial charge in [0.2, 0.25) is 5.91 Å². The van der Waals surface area contributed by atoms with Gasteiger partial charge in [0, 0.05) is 61.4 Å². The zero-order valence-electron chi connectivity index (χ0n) is 28.1. The van der Waals surface area contributed by atoms with Crippen LogP contribution in [0.25, 0.3) is 11.3 Å². The predicted molar refractivity (Wildman–Crippen MR) is 181 cm³/mol. The lowest BCUT2D eigenvalue weighted by Gasteiger charge is -2.42. The third-order valence-electron chi connectivity index (χ3n) is 11.2. The molecule has 2 amide bonds. The predicted octanol–water partition coefficient (Wildman–Crippen LogP) is 6.39. The van der Waals surface area contributed by atoms with E-state index in [-0.39, 0.29) is 23.8 Å². The molecule has 4 heterocycles. The van der Waals surface area contributed by atoms with Crippen molar-refractivity contribution < 1.29 is 23.8 Å². The van der Waals surface area contributed by atoms with Crippen LogP contribution in [0.4, 0.5) is 10.6 Å². The Hall–Kier alpha value is -3.99. The summed E-state index contributed by atoms with van der Waals surface area (Å²) < 4.78 is 11.2. The molecule has 11 heteroatoms. The maximum absolute atomic E-state index is 14.5. The average molecular weight is 657 g/mol. The standard InChI is InChI=1S/C37H48N6O5/c1-23-33(47-2)14-13-30(40-23)25-5-3-24(4-6-25)21-43(34-19-29(15-16-39-34)31-22-48-35(41-31)27-9-10-27)36(44)28-11-7-26(8-12-28)32-20-38-17-18-42(32)37(45)46/h13-16,19,22,24-28,32,38H,3-12,17-18,20-21H2,1-2H3,(H,45,46)/t24-,25-,26-,28-,32?. The topological polar surface area (TPSA) is 134 Å². The molecule has 48 heavy (non-hydrogen) atoms. The van der Waals surface area contributed by atoms with Gasteiger partial charge in [0.15, 0.2) is 5.89 Å². The van der Waals surface area contributed by atoms with Gasteiger partial charge in [-0.05, 0) is 107 Å². The normalized spacial score (nSPS) is 26.2. The van der Waals surface area contributed by atoms with Crippen molar-refractivity contribution >= 4 is 17.8 Å². The molecule has 1 atom stereocenters. The van der Waals surface area contributed by atoms with Gasteiger partial charge >= 0.3 is 6.09 Å². The number of aromatic nitrogens is 3. The van der Waals surface area contributed by atoms with Crippen LogP contribution in [0.1, 0.15) is 93.3 Å². The highest BCUT2D eigenvalue weighted by atomic mass is 16.5. The maximum atomic E-state index is 14.5. The van der Waals surface area contributed by atoms with Crippen molar-refractivity contribution in [3.63, 3.8) is 0 Å². The highest BCUT2D eigenvalue weighted by Gasteiger charge is 2.39. The van der Waals surface area contributed by atoms with Gasteiger partial charge in [0.25, 0.3) is 0 Å². The van der Waals surface area contributed by atoms with E-state index in [1.54, 1.807) is 24.5 Å². The van der Waals surface area contributed by atoms with E-state index in [0.29, 0.717) is 49.8 Å². The number of carbonyl (C=O) groups excluding carboxylic acids is 1. The van der Waals surface area contributed by atoms with Crippen LogP contribution in [0.5, 0.6) is 5.75 Å². The monoisotopic (exact) mass is 656 g/mol. The number of methoxy groups -OCH3 is 1. The van der Waals surface area contributed by atoms with Crippen LogP contribution < -0.4 is 15.0 Å². The number of carboxylic acid groups (broad SMARTS) is 1. The van der Waals surface area contributed by atoms with E-state index >= 15 is 0 Å². The zero-order valence-corrected chi connectivity index (χ0v) is 28.1. The summed E-state index contributed by atoms with van der Waals surface area (Å²) >= 11 is 0. The molecule has 1 aliphatic heterocycles. The van der Waals surface area contributed by atoms with E-state index < -0.39 is 6.09 Å². The molecule has 3 saturated carbocycles. The molecule has 3 aromatic rings. The minimum atomic E-state index is -0.846. The number of pyridine rings is 2.